The summed E-state index contributed by atoms with van der Waals surface area (Å²) in [5.74, 6) is 0.721. The van der Waals surface area contributed by atoms with Crippen LogP contribution in [0.3, 0.4) is 0 Å². The van der Waals surface area contributed by atoms with Gasteiger partial charge in [0.25, 0.3) is 0 Å². The highest BCUT2D eigenvalue weighted by Crippen LogP contribution is 2.11. The van der Waals surface area contributed by atoms with E-state index in [0.29, 0.717) is 6.04 Å². The van der Waals surface area contributed by atoms with E-state index in [1.54, 1.807) is 0 Å². The minimum Gasteiger partial charge on any atom is -0.327 e. The number of hydrogen-bond donors (Lipinski definition) is 2. The topological polar surface area (TPSA) is 38.0 Å². The quantitative estimate of drug-likeness (QED) is 0.534. The maximum Gasteiger partial charge on any atom is 0.00912 e. The van der Waals surface area contributed by atoms with Gasteiger partial charge in [-0.05, 0) is 25.4 Å². The first-order valence-corrected chi connectivity index (χ1v) is 3.81. The maximum atomic E-state index is 5.85. The highest BCUT2D eigenvalue weighted by molar-refractivity contribution is 4.78. The third kappa shape index (κ3) is 1.66. The molecule has 0 aromatic rings. The van der Waals surface area contributed by atoms with Crippen LogP contribution >= 0.6 is 0 Å². The van der Waals surface area contributed by atoms with Crippen molar-refractivity contribution in [3.05, 3.63) is 0 Å². The second kappa shape index (κ2) is 3.18. The predicted molar refractivity (Wildman–Crippen MR) is 39.2 cm³/mol. The van der Waals surface area contributed by atoms with Crippen molar-refractivity contribution in [1.82, 2.24) is 5.32 Å². The molecule has 0 aromatic heterocycles. The molecule has 1 rings (SSSR count). The zero-order valence-electron chi connectivity index (χ0n) is 6.06. The third-order valence-corrected chi connectivity index (χ3v) is 2.19. The lowest BCUT2D eigenvalue weighted by Gasteiger charge is -2.28. The van der Waals surface area contributed by atoms with Gasteiger partial charge in [-0.3, -0.25) is 0 Å². The van der Waals surface area contributed by atoms with E-state index < -0.39 is 0 Å². The Morgan fingerprint density at radius 1 is 1.67 bits per heavy atom. The van der Waals surface area contributed by atoms with Gasteiger partial charge in [0.05, 0.1) is 0 Å². The molecule has 54 valence electrons. The van der Waals surface area contributed by atoms with Crippen LogP contribution in [-0.2, 0) is 0 Å². The molecule has 0 aromatic carbocycles. The third-order valence-electron chi connectivity index (χ3n) is 2.19. The van der Waals surface area contributed by atoms with Gasteiger partial charge in [-0.15, -0.1) is 0 Å². The van der Waals surface area contributed by atoms with Crippen LogP contribution in [0.5, 0.6) is 0 Å². The SMILES string of the molecule is CC[C@@H]1CNCC[C@@H]1N. The molecule has 0 spiro atoms. The molecule has 0 amide bonds. The number of nitrogens with one attached hydrogen (secondary N) is 1. The molecule has 1 saturated heterocycles. The highest BCUT2D eigenvalue weighted by atomic mass is 14.9. The number of hydrogen-bond acceptors (Lipinski definition) is 2. The van der Waals surface area contributed by atoms with Gasteiger partial charge in [-0.25, -0.2) is 0 Å². The van der Waals surface area contributed by atoms with E-state index in [-0.39, 0.29) is 0 Å². The van der Waals surface area contributed by atoms with Crippen molar-refractivity contribution >= 4 is 0 Å². The molecule has 1 fully saturated rings. The summed E-state index contributed by atoms with van der Waals surface area (Å²) in [4.78, 5) is 0. The summed E-state index contributed by atoms with van der Waals surface area (Å²) in [5.41, 5.74) is 5.85. The fourth-order valence-corrected chi connectivity index (χ4v) is 1.39. The first kappa shape index (κ1) is 7.03. The molecular weight excluding hydrogens is 112 g/mol. The molecule has 0 saturated carbocycles. The summed E-state index contributed by atoms with van der Waals surface area (Å²) in [5, 5.41) is 3.34. The summed E-state index contributed by atoms with van der Waals surface area (Å²) >= 11 is 0. The van der Waals surface area contributed by atoms with Gasteiger partial charge >= 0.3 is 0 Å². The van der Waals surface area contributed by atoms with Gasteiger partial charge in [-0.2, -0.15) is 0 Å². The molecule has 9 heavy (non-hydrogen) atoms. The van der Waals surface area contributed by atoms with Crippen molar-refractivity contribution in [3.8, 4) is 0 Å². The maximum absolute atomic E-state index is 5.85. The number of piperidine rings is 1. The number of rotatable bonds is 1. The van der Waals surface area contributed by atoms with Crippen molar-refractivity contribution in [2.75, 3.05) is 13.1 Å². The van der Waals surface area contributed by atoms with E-state index in [1.165, 1.54) is 6.42 Å². The molecule has 0 bridgehead atoms. The zero-order chi connectivity index (χ0) is 6.69. The molecule has 0 radical (unpaired) electrons. The van der Waals surface area contributed by atoms with Crippen LogP contribution in [0.2, 0.25) is 0 Å². The van der Waals surface area contributed by atoms with Gasteiger partial charge in [0.2, 0.25) is 0 Å². The zero-order valence-corrected chi connectivity index (χ0v) is 6.06. The van der Waals surface area contributed by atoms with Crippen molar-refractivity contribution in [2.24, 2.45) is 11.7 Å². The van der Waals surface area contributed by atoms with Crippen LogP contribution in [0.4, 0.5) is 0 Å². The lowest BCUT2D eigenvalue weighted by atomic mass is 9.92. The largest absolute Gasteiger partial charge is 0.327 e. The fourth-order valence-electron chi connectivity index (χ4n) is 1.39. The second-order valence-corrected chi connectivity index (χ2v) is 2.82. The molecule has 0 aliphatic carbocycles. The lowest BCUT2D eigenvalue weighted by molar-refractivity contribution is 0.318. The Hall–Kier alpha value is -0.0800. The Kier molecular flexibility index (Phi) is 2.49. The number of nitrogens with two attached hydrogens (primary N) is 1. The van der Waals surface area contributed by atoms with Gasteiger partial charge < -0.3 is 11.1 Å². The van der Waals surface area contributed by atoms with Crippen molar-refractivity contribution in [3.63, 3.8) is 0 Å². The van der Waals surface area contributed by atoms with Gasteiger partial charge in [0.1, 0.15) is 0 Å². The van der Waals surface area contributed by atoms with E-state index in [1.807, 2.05) is 0 Å². The minimum atomic E-state index is 0.455. The van der Waals surface area contributed by atoms with Crippen LogP contribution in [0.15, 0.2) is 0 Å². The van der Waals surface area contributed by atoms with E-state index >= 15 is 0 Å². The molecule has 1 aliphatic rings. The molecule has 2 heteroatoms. The van der Waals surface area contributed by atoms with E-state index in [0.717, 1.165) is 25.4 Å². The predicted octanol–water partition coefficient (Wildman–Crippen LogP) is 0.333. The van der Waals surface area contributed by atoms with Crippen LogP contribution in [0.1, 0.15) is 19.8 Å². The van der Waals surface area contributed by atoms with E-state index in [9.17, 15) is 0 Å². The van der Waals surface area contributed by atoms with Gasteiger partial charge in [0, 0.05) is 6.04 Å². The summed E-state index contributed by atoms with van der Waals surface area (Å²) in [6.45, 7) is 4.44. The average Bonchev–Trinajstić information content (AvgIpc) is 1.89. The monoisotopic (exact) mass is 128 g/mol. The van der Waals surface area contributed by atoms with Crippen molar-refractivity contribution < 1.29 is 0 Å². The van der Waals surface area contributed by atoms with Gasteiger partial charge in [0.15, 0.2) is 0 Å². The molecule has 3 N–H and O–H groups in total. The highest BCUT2D eigenvalue weighted by Gasteiger charge is 2.18. The molecule has 2 atom stereocenters. The van der Waals surface area contributed by atoms with Crippen molar-refractivity contribution in [2.45, 2.75) is 25.8 Å². The van der Waals surface area contributed by atoms with Crippen LogP contribution < -0.4 is 11.1 Å². The minimum absolute atomic E-state index is 0.455. The van der Waals surface area contributed by atoms with E-state index in [2.05, 4.69) is 12.2 Å². The Morgan fingerprint density at radius 2 is 2.44 bits per heavy atom. The van der Waals surface area contributed by atoms with Gasteiger partial charge in [-0.1, -0.05) is 13.3 Å². The average molecular weight is 128 g/mol. The van der Waals surface area contributed by atoms with Crippen LogP contribution in [-0.4, -0.2) is 19.1 Å². The second-order valence-electron chi connectivity index (χ2n) is 2.82. The Bertz CT molecular complexity index is 83.0. The summed E-state index contributed by atoms with van der Waals surface area (Å²) < 4.78 is 0. The summed E-state index contributed by atoms with van der Waals surface area (Å²) in [6, 6.07) is 0.455. The summed E-state index contributed by atoms with van der Waals surface area (Å²) in [6.07, 6.45) is 2.37. The Labute approximate surface area is 56.8 Å². The van der Waals surface area contributed by atoms with Crippen LogP contribution in [0.25, 0.3) is 0 Å². The molecule has 1 heterocycles. The smallest absolute Gasteiger partial charge is 0.00912 e. The summed E-state index contributed by atoms with van der Waals surface area (Å²) in [7, 11) is 0. The first-order valence-electron chi connectivity index (χ1n) is 3.81. The Balaban J connectivity index is 2.30. The molecule has 2 nitrogen and oxygen atoms in total. The van der Waals surface area contributed by atoms with E-state index in [4.69, 9.17) is 5.73 Å². The lowest BCUT2D eigenvalue weighted by Crippen LogP contribution is -2.44. The van der Waals surface area contributed by atoms with Crippen LogP contribution in [0, 0.1) is 5.92 Å². The fraction of sp³-hybridized carbons (Fsp3) is 1.00. The Morgan fingerprint density at radius 3 is 2.89 bits per heavy atom. The molecular formula is C7H16N2. The normalized spacial score (nSPS) is 36.7. The molecule has 0 unspecified atom stereocenters. The first-order chi connectivity index (χ1) is 4.34. The van der Waals surface area contributed by atoms with Crippen molar-refractivity contribution in [1.29, 1.82) is 0 Å². The standard InChI is InChI=1S/C7H16N2/c1-2-6-5-9-4-3-7(6)8/h6-7,9H,2-5,8H2,1H3/t6-,7+/m1/s1. The molecule has 1 aliphatic heterocycles.